The maximum atomic E-state index is 6.33. The fourth-order valence-corrected chi connectivity index (χ4v) is 3.53. The van der Waals surface area contributed by atoms with Crippen LogP contribution >= 0.6 is 23.8 Å². The van der Waals surface area contributed by atoms with Crippen LogP contribution in [0.5, 0.6) is 0 Å². The lowest BCUT2D eigenvalue weighted by atomic mass is 10.1. The van der Waals surface area contributed by atoms with Crippen molar-refractivity contribution in [2.75, 3.05) is 11.4 Å². The van der Waals surface area contributed by atoms with E-state index in [9.17, 15) is 0 Å². The van der Waals surface area contributed by atoms with Crippen LogP contribution in [0.15, 0.2) is 18.2 Å². The molecule has 4 heteroatoms. The van der Waals surface area contributed by atoms with Crippen LogP contribution in [0.4, 0.5) is 5.69 Å². The Kier molecular flexibility index (Phi) is 2.75. The number of hydrogen-bond acceptors (Lipinski definition) is 2. The fraction of sp³-hybridized carbons (Fsp3) is 0.462. The average Bonchev–Trinajstić information content (AvgIpc) is 2.90. The smallest absolute Gasteiger partial charge is 0.104 e. The van der Waals surface area contributed by atoms with Gasteiger partial charge in [-0.15, -0.1) is 0 Å². The normalized spacial score (nSPS) is 26.5. The van der Waals surface area contributed by atoms with Gasteiger partial charge in [0.25, 0.3) is 0 Å². The molecule has 1 aromatic rings. The van der Waals surface area contributed by atoms with E-state index in [1.807, 2.05) is 12.1 Å². The van der Waals surface area contributed by atoms with Crippen LogP contribution in [-0.2, 0) is 0 Å². The Morgan fingerprint density at radius 2 is 2.24 bits per heavy atom. The highest BCUT2D eigenvalue weighted by molar-refractivity contribution is 7.80. The maximum Gasteiger partial charge on any atom is 0.104 e. The highest BCUT2D eigenvalue weighted by Crippen LogP contribution is 2.42. The lowest BCUT2D eigenvalue weighted by Gasteiger charge is -2.30. The van der Waals surface area contributed by atoms with Gasteiger partial charge in [-0.05, 0) is 43.4 Å². The molecule has 2 aliphatic rings. The Balaban J connectivity index is 1.91. The molecular formula is C13H15ClN2S. The minimum absolute atomic E-state index is 0.404. The van der Waals surface area contributed by atoms with E-state index >= 15 is 0 Å². The molecule has 0 spiro atoms. The monoisotopic (exact) mass is 266 g/mol. The van der Waals surface area contributed by atoms with E-state index in [2.05, 4.69) is 11.0 Å². The van der Waals surface area contributed by atoms with E-state index in [0.717, 1.165) is 28.7 Å². The fourth-order valence-electron chi connectivity index (χ4n) is 3.11. The van der Waals surface area contributed by atoms with Crippen LogP contribution in [0.25, 0.3) is 0 Å². The van der Waals surface area contributed by atoms with E-state index in [4.69, 9.17) is 29.6 Å². The highest BCUT2D eigenvalue weighted by Gasteiger charge is 2.38. The SMILES string of the molecule is NC(=S)c1ccc(N2CC3CCC2C3)c(Cl)c1. The first-order valence-electron chi connectivity index (χ1n) is 6.01. The molecule has 1 aromatic carbocycles. The van der Waals surface area contributed by atoms with Gasteiger partial charge in [0.1, 0.15) is 4.99 Å². The first kappa shape index (κ1) is 11.3. The number of nitrogens with zero attached hydrogens (tertiary/aromatic N) is 1. The topological polar surface area (TPSA) is 29.3 Å². The summed E-state index contributed by atoms with van der Waals surface area (Å²) in [5, 5.41) is 0.767. The standard InChI is InChI=1S/C13H15ClN2S/c14-11-6-9(13(15)17)2-4-12(11)16-7-8-1-3-10(16)5-8/h2,4,6,8,10H,1,3,5,7H2,(H2,15,17). The van der Waals surface area contributed by atoms with Gasteiger partial charge in [-0.1, -0.05) is 23.8 Å². The van der Waals surface area contributed by atoms with Gasteiger partial charge in [0, 0.05) is 18.2 Å². The molecule has 1 aliphatic heterocycles. The second-order valence-electron chi connectivity index (χ2n) is 5.02. The zero-order valence-corrected chi connectivity index (χ0v) is 11.1. The van der Waals surface area contributed by atoms with Crippen molar-refractivity contribution in [1.82, 2.24) is 0 Å². The van der Waals surface area contributed by atoms with Gasteiger partial charge in [0.05, 0.1) is 10.7 Å². The summed E-state index contributed by atoms with van der Waals surface area (Å²) in [5.41, 5.74) is 7.59. The molecule has 0 aromatic heterocycles. The number of anilines is 1. The first-order valence-corrected chi connectivity index (χ1v) is 6.80. The lowest BCUT2D eigenvalue weighted by Crippen LogP contribution is -2.32. The average molecular weight is 267 g/mol. The molecule has 1 heterocycles. The summed E-state index contributed by atoms with van der Waals surface area (Å²) in [4.78, 5) is 2.85. The summed E-state index contributed by atoms with van der Waals surface area (Å²) in [7, 11) is 0. The zero-order chi connectivity index (χ0) is 12.0. The number of halogens is 1. The van der Waals surface area contributed by atoms with Gasteiger partial charge < -0.3 is 10.6 Å². The minimum atomic E-state index is 0.404. The predicted molar refractivity (Wildman–Crippen MR) is 75.8 cm³/mol. The summed E-state index contributed by atoms with van der Waals surface area (Å²) >= 11 is 11.3. The number of fused-ring (bicyclic) bond motifs is 2. The van der Waals surface area contributed by atoms with Gasteiger partial charge in [-0.3, -0.25) is 0 Å². The van der Waals surface area contributed by atoms with Crippen molar-refractivity contribution in [3.8, 4) is 0 Å². The third-order valence-corrected chi connectivity index (χ3v) is 4.49. The Morgan fingerprint density at radius 1 is 1.41 bits per heavy atom. The van der Waals surface area contributed by atoms with Crippen LogP contribution in [-0.4, -0.2) is 17.6 Å². The minimum Gasteiger partial charge on any atom is -0.389 e. The summed E-state index contributed by atoms with van der Waals surface area (Å²) < 4.78 is 0. The number of nitrogens with two attached hydrogens (primary N) is 1. The van der Waals surface area contributed by atoms with E-state index in [-0.39, 0.29) is 0 Å². The van der Waals surface area contributed by atoms with Gasteiger partial charge >= 0.3 is 0 Å². The molecule has 1 saturated heterocycles. The Bertz CT molecular complexity index is 474. The quantitative estimate of drug-likeness (QED) is 0.835. The number of hydrogen-bond donors (Lipinski definition) is 1. The van der Waals surface area contributed by atoms with Crippen molar-refractivity contribution in [3.05, 3.63) is 28.8 Å². The third kappa shape index (κ3) is 1.91. The first-order chi connectivity index (χ1) is 8.15. The van der Waals surface area contributed by atoms with E-state index in [0.29, 0.717) is 11.0 Å². The van der Waals surface area contributed by atoms with Crippen LogP contribution < -0.4 is 10.6 Å². The second-order valence-corrected chi connectivity index (χ2v) is 5.86. The van der Waals surface area contributed by atoms with Gasteiger partial charge in [-0.2, -0.15) is 0 Å². The van der Waals surface area contributed by atoms with Crippen molar-refractivity contribution in [2.24, 2.45) is 11.7 Å². The van der Waals surface area contributed by atoms with E-state index < -0.39 is 0 Å². The van der Waals surface area contributed by atoms with Gasteiger partial charge in [0.15, 0.2) is 0 Å². The molecule has 3 rings (SSSR count). The maximum absolute atomic E-state index is 6.33. The Hall–Kier alpha value is -0.800. The highest BCUT2D eigenvalue weighted by atomic mass is 35.5. The number of thiocarbonyl (C=S) groups is 1. The molecular weight excluding hydrogens is 252 g/mol. The molecule has 2 fully saturated rings. The predicted octanol–water partition coefficient (Wildman–Crippen LogP) is 2.96. The van der Waals surface area contributed by atoms with E-state index in [1.165, 1.54) is 19.3 Å². The Labute approximate surface area is 112 Å². The molecule has 2 unspecified atom stereocenters. The largest absolute Gasteiger partial charge is 0.389 e. The van der Waals surface area contributed by atoms with Crippen molar-refractivity contribution in [2.45, 2.75) is 25.3 Å². The third-order valence-electron chi connectivity index (χ3n) is 3.95. The molecule has 1 saturated carbocycles. The number of benzene rings is 1. The van der Waals surface area contributed by atoms with Crippen molar-refractivity contribution in [1.29, 1.82) is 0 Å². The van der Waals surface area contributed by atoms with Crippen LogP contribution in [0.2, 0.25) is 5.02 Å². The van der Waals surface area contributed by atoms with Crippen LogP contribution in [0, 0.1) is 5.92 Å². The van der Waals surface area contributed by atoms with Crippen LogP contribution in [0.1, 0.15) is 24.8 Å². The summed E-state index contributed by atoms with van der Waals surface area (Å²) in [6.07, 6.45) is 4.01. The molecule has 2 N–H and O–H groups in total. The second kappa shape index (κ2) is 4.14. The van der Waals surface area contributed by atoms with Gasteiger partial charge in [0.2, 0.25) is 0 Å². The molecule has 0 radical (unpaired) electrons. The molecule has 1 aliphatic carbocycles. The van der Waals surface area contributed by atoms with Crippen molar-refractivity contribution < 1.29 is 0 Å². The van der Waals surface area contributed by atoms with Crippen LogP contribution in [0.3, 0.4) is 0 Å². The summed E-state index contributed by atoms with van der Waals surface area (Å²) in [6, 6.07) is 6.59. The number of rotatable bonds is 2. The molecule has 90 valence electrons. The van der Waals surface area contributed by atoms with Gasteiger partial charge in [-0.25, -0.2) is 0 Å². The summed E-state index contributed by atoms with van der Waals surface area (Å²) in [5.74, 6) is 0.867. The Morgan fingerprint density at radius 3 is 2.76 bits per heavy atom. The molecule has 0 amide bonds. The lowest BCUT2D eigenvalue weighted by molar-refractivity contribution is 0.553. The zero-order valence-electron chi connectivity index (χ0n) is 9.53. The van der Waals surface area contributed by atoms with E-state index in [1.54, 1.807) is 0 Å². The molecule has 2 bridgehead atoms. The van der Waals surface area contributed by atoms with Crippen molar-refractivity contribution in [3.63, 3.8) is 0 Å². The summed E-state index contributed by atoms with van der Waals surface area (Å²) in [6.45, 7) is 1.15. The molecule has 2 nitrogen and oxygen atoms in total. The molecule has 2 atom stereocenters. The molecule has 17 heavy (non-hydrogen) atoms. The number of piperidine rings is 1. The van der Waals surface area contributed by atoms with Crippen molar-refractivity contribution >= 4 is 34.5 Å².